The Kier molecular flexibility index (Phi) is 5.35. The predicted molar refractivity (Wildman–Crippen MR) is 80.2 cm³/mol. The number of para-hydroxylation sites is 1. The largest absolute Gasteiger partial charge is 0.493 e. The summed E-state index contributed by atoms with van der Waals surface area (Å²) in [5.41, 5.74) is -1.92. The van der Waals surface area contributed by atoms with Gasteiger partial charge in [-0.3, -0.25) is 9.59 Å². The van der Waals surface area contributed by atoms with Crippen LogP contribution in [0.2, 0.25) is 0 Å². The minimum Gasteiger partial charge on any atom is -0.493 e. The van der Waals surface area contributed by atoms with Crippen molar-refractivity contribution in [1.29, 1.82) is 0 Å². The Morgan fingerprint density at radius 1 is 1.14 bits per heavy atom. The Hall–Kier alpha value is -2.04. The first kappa shape index (κ1) is 17.0. The summed E-state index contributed by atoms with van der Waals surface area (Å²) in [6.07, 6.45) is 0.175. The lowest BCUT2D eigenvalue weighted by Gasteiger charge is -2.38. The van der Waals surface area contributed by atoms with Gasteiger partial charge in [-0.15, -0.1) is 0 Å². The number of carboxylic acids is 1. The van der Waals surface area contributed by atoms with Gasteiger partial charge in [0.2, 0.25) is 5.91 Å². The highest BCUT2D eigenvalue weighted by atomic mass is 16.5. The zero-order chi connectivity index (χ0) is 16.1. The molecule has 21 heavy (non-hydrogen) atoms. The van der Waals surface area contributed by atoms with Crippen LogP contribution >= 0.6 is 0 Å². The molecule has 5 nitrogen and oxygen atoms in total. The van der Waals surface area contributed by atoms with E-state index in [0.29, 0.717) is 5.75 Å². The van der Waals surface area contributed by atoms with E-state index in [2.05, 4.69) is 5.32 Å². The number of carbonyl (C=O) groups excluding carboxylic acids is 1. The lowest BCUT2D eigenvalue weighted by molar-refractivity contribution is -0.151. The molecule has 0 aromatic heterocycles. The Morgan fingerprint density at radius 3 is 2.24 bits per heavy atom. The second-order valence-electron chi connectivity index (χ2n) is 6.01. The molecule has 0 heterocycles. The lowest BCUT2D eigenvalue weighted by Crippen LogP contribution is -2.57. The molecule has 1 amide bonds. The molecule has 2 N–H and O–H groups in total. The fourth-order valence-electron chi connectivity index (χ4n) is 1.61. The van der Waals surface area contributed by atoms with E-state index in [0.717, 1.165) is 0 Å². The highest BCUT2D eigenvalue weighted by molar-refractivity contribution is 5.80. The average molecular weight is 293 g/mol. The first-order valence-electron chi connectivity index (χ1n) is 6.89. The highest BCUT2D eigenvalue weighted by Gasteiger charge is 2.44. The van der Waals surface area contributed by atoms with Crippen LogP contribution in [0.3, 0.4) is 0 Å². The van der Waals surface area contributed by atoms with Crippen LogP contribution in [0.5, 0.6) is 5.75 Å². The molecule has 5 heteroatoms. The number of ether oxygens (including phenoxy) is 1. The molecule has 0 aliphatic heterocycles. The minimum atomic E-state index is -1.07. The third-order valence-electron chi connectivity index (χ3n) is 3.89. The SMILES string of the molecule is CC(C)(NC(=O)CCOc1ccccc1)C(C)(C)C(=O)O. The summed E-state index contributed by atoms with van der Waals surface area (Å²) in [6.45, 7) is 6.85. The first-order chi connectivity index (χ1) is 9.67. The van der Waals surface area contributed by atoms with Gasteiger partial charge in [-0.1, -0.05) is 18.2 Å². The number of aliphatic carboxylic acids is 1. The van der Waals surface area contributed by atoms with Gasteiger partial charge in [-0.05, 0) is 39.8 Å². The van der Waals surface area contributed by atoms with Gasteiger partial charge < -0.3 is 15.2 Å². The number of benzene rings is 1. The van der Waals surface area contributed by atoms with E-state index in [1.165, 1.54) is 0 Å². The van der Waals surface area contributed by atoms with Crippen molar-refractivity contribution in [2.75, 3.05) is 6.61 Å². The normalized spacial score (nSPS) is 11.8. The summed E-state index contributed by atoms with van der Waals surface area (Å²) < 4.78 is 5.45. The van der Waals surface area contributed by atoms with Crippen LogP contribution in [0.25, 0.3) is 0 Å². The second kappa shape index (κ2) is 6.61. The molecule has 1 rings (SSSR count). The molecule has 0 fully saturated rings. The lowest BCUT2D eigenvalue weighted by atomic mass is 9.74. The Labute approximate surface area is 125 Å². The van der Waals surface area contributed by atoms with Crippen molar-refractivity contribution in [2.45, 2.75) is 39.7 Å². The van der Waals surface area contributed by atoms with Crippen LogP contribution in [-0.4, -0.2) is 29.1 Å². The van der Waals surface area contributed by atoms with Gasteiger partial charge in [0.1, 0.15) is 5.75 Å². The molecule has 0 saturated carbocycles. The molecule has 0 unspecified atom stereocenters. The number of rotatable bonds is 7. The van der Waals surface area contributed by atoms with Gasteiger partial charge >= 0.3 is 5.97 Å². The van der Waals surface area contributed by atoms with Crippen molar-refractivity contribution in [1.82, 2.24) is 5.32 Å². The van der Waals surface area contributed by atoms with E-state index in [4.69, 9.17) is 4.74 Å². The number of hydrogen-bond donors (Lipinski definition) is 2. The van der Waals surface area contributed by atoms with Crippen LogP contribution in [-0.2, 0) is 9.59 Å². The zero-order valence-electron chi connectivity index (χ0n) is 13.0. The molecular formula is C16H23NO4. The van der Waals surface area contributed by atoms with Gasteiger partial charge in [-0.2, -0.15) is 0 Å². The molecule has 0 bridgehead atoms. The summed E-state index contributed by atoms with van der Waals surface area (Å²) in [6, 6.07) is 9.22. The van der Waals surface area contributed by atoms with Gasteiger partial charge in [0, 0.05) is 5.54 Å². The molecule has 0 aliphatic carbocycles. The monoisotopic (exact) mass is 293 g/mol. The maximum atomic E-state index is 11.9. The molecule has 0 saturated heterocycles. The molecule has 0 radical (unpaired) electrons. The number of nitrogens with one attached hydrogen (secondary N) is 1. The Morgan fingerprint density at radius 2 is 1.71 bits per heavy atom. The van der Waals surface area contributed by atoms with Crippen molar-refractivity contribution in [2.24, 2.45) is 5.41 Å². The molecular weight excluding hydrogens is 270 g/mol. The maximum absolute atomic E-state index is 11.9. The van der Waals surface area contributed by atoms with Crippen molar-refractivity contribution < 1.29 is 19.4 Å². The van der Waals surface area contributed by atoms with E-state index in [-0.39, 0.29) is 18.9 Å². The second-order valence-corrected chi connectivity index (χ2v) is 6.01. The van der Waals surface area contributed by atoms with Gasteiger partial charge in [-0.25, -0.2) is 0 Å². The van der Waals surface area contributed by atoms with Gasteiger partial charge in [0.05, 0.1) is 18.4 Å². The van der Waals surface area contributed by atoms with Crippen molar-refractivity contribution in [3.8, 4) is 5.75 Å². The first-order valence-corrected chi connectivity index (χ1v) is 6.89. The third kappa shape index (κ3) is 4.48. The van der Waals surface area contributed by atoms with Crippen LogP contribution in [0.15, 0.2) is 30.3 Å². The Balaban J connectivity index is 2.48. The average Bonchev–Trinajstić information content (AvgIpc) is 2.38. The topological polar surface area (TPSA) is 75.6 Å². The van der Waals surface area contributed by atoms with Crippen molar-refractivity contribution in [3.05, 3.63) is 30.3 Å². The fraction of sp³-hybridized carbons (Fsp3) is 0.500. The highest BCUT2D eigenvalue weighted by Crippen LogP contribution is 2.30. The quantitative estimate of drug-likeness (QED) is 0.809. The third-order valence-corrected chi connectivity index (χ3v) is 3.89. The molecule has 1 aromatic carbocycles. The van der Waals surface area contributed by atoms with E-state index in [1.54, 1.807) is 27.7 Å². The minimum absolute atomic E-state index is 0.175. The van der Waals surface area contributed by atoms with Crippen LogP contribution in [0.1, 0.15) is 34.1 Å². The summed E-state index contributed by atoms with van der Waals surface area (Å²) in [5, 5.41) is 12.0. The number of carbonyl (C=O) groups is 2. The predicted octanol–water partition coefficient (Wildman–Crippen LogP) is 2.46. The smallest absolute Gasteiger partial charge is 0.311 e. The number of amides is 1. The van der Waals surface area contributed by atoms with Crippen LogP contribution in [0.4, 0.5) is 0 Å². The van der Waals surface area contributed by atoms with E-state index in [9.17, 15) is 14.7 Å². The number of carboxylic acid groups (broad SMARTS) is 1. The van der Waals surface area contributed by atoms with Crippen LogP contribution in [0, 0.1) is 5.41 Å². The van der Waals surface area contributed by atoms with E-state index < -0.39 is 16.9 Å². The molecule has 0 aliphatic rings. The summed E-state index contributed by atoms with van der Waals surface area (Å²) >= 11 is 0. The summed E-state index contributed by atoms with van der Waals surface area (Å²) in [7, 11) is 0. The summed E-state index contributed by atoms with van der Waals surface area (Å²) in [5.74, 6) is -0.478. The molecule has 1 aromatic rings. The van der Waals surface area contributed by atoms with Crippen molar-refractivity contribution in [3.63, 3.8) is 0 Å². The summed E-state index contributed by atoms with van der Waals surface area (Å²) in [4.78, 5) is 23.2. The molecule has 0 spiro atoms. The molecule has 0 atom stereocenters. The number of hydrogen-bond acceptors (Lipinski definition) is 3. The molecule has 116 valence electrons. The van der Waals surface area contributed by atoms with Gasteiger partial charge in [0.25, 0.3) is 0 Å². The van der Waals surface area contributed by atoms with Crippen molar-refractivity contribution >= 4 is 11.9 Å². The maximum Gasteiger partial charge on any atom is 0.311 e. The van der Waals surface area contributed by atoms with E-state index >= 15 is 0 Å². The fourth-order valence-corrected chi connectivity index (χ4v) is 1.61. The zero-order valence-corrected chi connectivity index (χ0v) is 13.0. The standard InChI is InChI=1S/C16H23NO4/c1-15(2,14(19)20)16(3,4)17-13(18)10-11-21-12-8-6-5-7-9-12/h5-9H,10-11H2,1-4H3,(H,17,18)(H,19,20). The Bertz CT molecular complexity index is 494. The van der Waals surface area contributed by atoms with Gasteiger partial charge in [0.15, 0.2) is 0 Å². The van der Waals surface area contributed by atoms with Crippen LogP contribution < -0.4 is 10.1 Å². The van der Waals surface area contributed by atoms with E-state index in [1.807, 2.05) is 30.3 Å².